The van der Waals surface area contributed by atoms with Gasteiger partial charge in [-0.1, -0.05) is 137 Å². The summed E-state index contributed by atoms with van der Waals surface area (Å²) < 4.78 is 58.4. The first-order valence-corrected chi connectivity index (χ1v) is 42.8. The fourth-order valence-corrected chi connectivity index (χ4v) is 22.8. The smallest absolute Gasteiger partial charge is 0.346 e. The number of hydrogen-bond donors (Lipinski definition) is 3. The minimum Gasteiger partial charge on any atom is -0.477 e. The van der Waals surface area contributed by atoms with Crippen molar-refractivity contribution in [2.24, 2.45) is 0 Å². The minimum absolute atomic E-state index is 0.0799. The molecule has 0 aliphatic rings. The summed E-state index contributed by atoms with van der Waals surface area (Å²) in [5.74, 6) is -0.922. The summed E-state index contributed by atoms with van der Waals surface area (Å²) >= 11 is 21.9. The SMILES string of the molecule is CP(=O)(Cc1cc(-c2ccc(-c3cc4ncccc4o3)cc2)sc1C(=O)O)c1ccc(Cl)cc1Cl.Cc1cc(Cl)ccc1P(C)(=O)Cc1cc(-c2ccc(-c3cc4ncccc4o3)cc2)sc1C(=O)O.Cc1ccc(P(C)(=O)Cc2cc(-c3ccc(-c4cc5ncccc5o4)cc3)sc2C(=O)O)cc1. The highest BCUT2D eigenvalue weighted by Gasteiger charge is 2.30. The van der Waals surface area contributed by atoms with Crippen LogP contribution in [0.25, 0.3) is 98.6 Å². The lowest BCUT2D eigenvalue weighted by Crippen LogP contribution is -2.10. The maximum absolute atomic E-state index is 13.7. The predicted molar refractivity (Wildman–Crippen MR) is 424 cm³/mol. The average Bonchev–Trinajstić information content (AvgIpc) is 1.50. The van der Waals surface area contributed by atoms with Crippen molar-refractivity contribution in [1.82, 2.24) is 15.0 Å². The molecule has 3 unspecified atom stereocenters. The predicted octanol–water partition coefficient (Wildman–Crippen LogP) is 22.8. The van der Waals surface area contributed by atoms with Crippen molar-refractivity contribution in [3.63, 3.8) is 0 Å². The molecule has 6 aromatic carbocycles. The number of carbonyl (C=O) groups is 3. The quantitative estimate of drug-likeness (QED) is 0.0677. The molecule has 522 valence electrons. The third kappa shape index (κ3) is 16.2. The number of carboxylic acids is 3. The third-order valence-electron chi connectivity index (χ3n) is 17.3. The van der Waals surface area contributed by atoms with Gasteiger partial charge in [0.2, 0.25) is 0 Å². The molecule has 3 N–H and O–H groups in total. The van der Waals surface area contributed by atoms with Crippen molar-refractivity contribution >= 4 is 157 Å². The van der Waals surface area contributed by atoms with Crippen LogP contribution in [-0.2, 0) is 32.2 Å². The Morgan fingerprint density at radius 2 is 0.721 bits per heavy atom. The minimum atomic E-state index is -3.00. The van der Waals surface area contributed by atoms with Crippen molar-refractivity contribution in [3.8, 4) is 65.3 Å². The summed E-state index contributed by atoms with van der Waals surface area (Å²) in [6.45, 7) is 8.88. The van der Waals surface area contributed by atoms with Crippen LogP contribution >= 0.6 is 90.2 Å². The summed E-state index contributed by atoms with van der Waals surface area (Å²) in [6.07, 6.45) is 5.62. The molecule has 0 aliphatic carbocycles. The molecule has 0 bridgehead atoms. The fraction of sp³-hybridized carbons (Fsp3) is 0.100. The van der Waals surface area contributed by atoms with Crippen LogP contribution in [0.15, 0.2) is 238 Å². The third-order valence-corrected chi connectivity index (χ3v) is 29.0. The van der Waals surface area contributed by atoms with Gasteiger partial charge in [0.25, 0.3) is 0 Å². The molecule has 9 aromatic heterocycles. The van der Waals surface area contributed by atoms with Gasteiger partial charge in [-0.15, -0.1) is 34.0 Å². The molecule has 0 fully saturated rings. The standard InChI is InChI=1S/C27H21ClNO4PS.C27H22NO4PS.C26H18Cl2NO4PS/c1-16-12-20(28)9-10-24(16)34(2,32)15-19-13-25(35-26(19)27(30)31)18-7-5-17(6-8-18)23-14-21-22(33-23)4-3-11-29-21;1-17-5-11-21(12-6-17)33(2,31)16-20-14-25(34-26(20)27(29)30)19-9-7-18(8-10-19)24-15-22-23(32-24)4-3-13-28-22;1-34(32,23-9-8-18(27)12-19(23)28)14-17-11-24(35-25(17)26(30)31)16-6-4-15(5-7-16)22-13-20-21(33-22)3-2-10-29-20/h3-14H,15H2,1-2H3,(H,30,31);3-15H,16H2,1-2H3,(H,29,30);2-13H,14H2,1H3,(H,30,31). The van der Waals surface area contributed by atoms with Crippen molar-refractivity contribution in [3.05, 3.63) is 282 Å². The van der Waals surface area contributed by atoms with Crippen LogP contribution in [0, 0.1) is 13.8 Å². The van der Waals surface area contributed by atoms with E-state index in [1.807, 2.05) is 178 Å². The van der Waals surface area contributed by atoms with Crippen LogP contribution < -0.4 is 15.9 Å². The zero-order valence-corrected chi connectivity index (χ0v) is 63.4. The monoisotopic (exact) mass is 1550 g/mol. The normalized spacial score (nSPS) is 13.1. The number of aromatic nitrogens is 3. The second kappa shape index (κ2) is 30.3. The molecule has 0 aliphatic heterocycles. The van der Waals surface area contributed by atoms with Gasteiger partial charge in [-0.25, -0.2) is 14.4 Å². The maximum Gasteiger partial charge on any atom is 0.346 e. The highest BCUT2D eigenvalue weighted by molar-refractivity contribution is 7.71. The number of hydrogen-bond acceptors (Lipinski definition) is 15. The van der Waals surface area contributed by atoms with E-state index in [9.17, 15) is 43.4 Å². The number of aromatic carboxylic acids is 3. The number of fused-ring (bicyclic) bond motifs is 3. The first-order chi connectivity index (χ1) is 49.7. The molecule has 9 heterocycles. The Morgan fingerprint density at radius 1 is 0.394 bits per heavy atom. The van der Waals surface area contributed by atoms with E-state index in [2.05, 4.69) is 15.0 Å². The second-order valence-electron chi connectivity index (χ2n) is 25.2. The van der Waals surface area contributed by atoms with E-state index in [0.29, 0.717) is 54.2 Å². The molecule has 0 radical (unpaired) electrons. The second-order valence-corrected chi connectivity index (χ2v) is 38.6. The summed E-state index contributed by atoms with van der Waals surface area (Å²) in [6, 6.07) is 63.2. The molecule has 24 heteroatoms. The van der Waals surface area contributed by atoms with Crippen LogP contribution in [0.4, 0.5) is 0 Å². The van der Waals surface area contributed by atoms with Crippen LogP contribution in [0.1, 0.15) is 56.8 Å². The van der Waals surface area contributed by atoms with Crippen LogP contribution in [-0.4, -0.2) is 68.2 Å². The molecular weight excluding hydrogens is 1490 g/mol. The van der Waals surface area contributed by atoms with E-state index >= 15 is 0 Å². The Morgan fingerprint density at radius 3 is 1.06 bits per heavy atom. The van der Waals surface area contributed by atoms with Crippen molar-refractivity contribution in [1.29, 1.82) is 0 Å². The summed E-state index contributed by atoms with van der Waals surface area (Å²) in [5.41, 5.74) is 13.5. The molecule has 0 saturated heterocycles. The molecule has 0 spiro atoms. The number of halogens is 3. The Kier molecular flexibility index (Phi) is 21.2. The molecule has 3 atom stereocenters. The molecule has 15 nitrogen and oxygen atoms in total. The largest absolute Gasteiger partial charge is 0.477 e. The van der Waals surface area contributed by atoms with Gasteiger partial charge in [0, 0.05) is 113 Å². The number of pyridine rings is 3. The molecule has 0 saturated carbocycles. The Hall–Kier alpha value is -9.54. The maximum atomic E-state index is 13.7. The Balaban J connectivity index is 0.000000139. The van der Waals surface area contributed by atoms with Crippen molar-refractivity contribution < 1.29 is 56.6 Å². The van der Waals surface area contributed by atoms with Crippen molar-refractivity contribution in [2.45, 2.75) is 32.3 Å². The van der Waals surface area contributed by atoms with Gasteiger partial charge in [-0.3, -0.25) is 15.0 Å². The van der Waals surface area contributed by atoms with Gasteiger partial charge < -0.3 is 42.3 Å². The molecule has 104 heavy (non-hydrogen) atoms. The zero-order valence-electron chi connectivity index (χ0n) is 56.0. The number of thiophene rings is 3. The van der Waals surface area contributed by atoms with Gasteiger partial charge in [-0.2, -0.15) is 0 Å². The van der Waals surface area contributed by atoms with Gasteiger partial charge in [0.05, 0.1) is 5.02 Å². The number of furan rings is 3. The van der Waals surface area contributed by atoms with Crippen molar-refractivity contribution in [2.75, 3.05) is 20.0 Å². The summed E-state index contributed by atoms with van der Waals surface area (Å²) in [4.78, 5) is 51.9. The average molecular weight is 1550 g/mol. The number of rotatable bonds is 18. The highest BCUT2D eigenvalue weighted by Crippen LogP contribution is 2.51. The fourth-order valence-electron chi connectivity index (χ4n) is 12.2. The van der Waals surface area contributed by atoms with Crippen LogP contribution in [0.2, 0.25) is 15.1 Å². The van der Waals surface area contributed by atoms with E-state index < -0.39 is 39.3 Å². The number of carboxylic acid groups (broad SMARTS) is 3. The number of nitrogens with zero attached hydrogens (tertiary/aromatic N) is 3. The van der Waals surface area contributed by atoms with E-state index in [0.717, 1.165) is 115 Å². The van der Waals surface area contributed by atoms with E-state index in [4.69, 9.17) is 48.1 Å². The van der Waals surface area contributed by atoms with E-state index in [1.165, 1.54) is 22.7 Å². The highest BCUT2D eigenvalue weighted by atomic mass is 35.5. The van der Waals surface area contributed by atoms with Gasteiger partial charge >= 0.3 is 17.9 Å². The zero-order chi connectivity index (χ0) is 73.4. The topological polar surface area (TPSA) is 241 Å². The Bertz CT molecular complexity index is 5600. The van der Waals surface area contributed by atoms with Gasteiger partial charge in [-0.05, 0) is 164 Å². The summed E-state index contributed by atoms with van der Waals surface area (Å²) in [5, 5.41) is 32.7. The van der Waals surface area contributed by atoms with E-state index in [1.54, 1.807) is 81.0 Å². The molecular formula is C80H61Cl3N3O12P3S3. The van der Waals surface area contributed by atoms with E-state index in [-0.39, 0.29) is 33.1 Å². The lowest BCUT2D eigenvalue weighted by molar-refractivity contribution is 0.0690. The lowest BCUT2D eigenvalue weighted by atomic mass is 10.1. The first-order valence-electron chi connectivity index (χ1n) is 32.2. The first kappa shape index (κ1) is 72.8. The summed E-state index contributed by atoms with van der Waals surface area (Å²) in [7, 11) is -8.63. The van der Waals surface area contributed by atoms with Gasteiger partial charge in [0.15, 0.2) is 16.7 Å². The molecule has 0 amide bonds. The van der Waals surface area contributed by atoms with Gasteiger partial charge in [0.1, 0.15) is 69.9 Å². The number of aryl methyl sites for hydroxylation is 2. The molecule has 15 aromatic rings. The van der Waals surface area contributed by atoms with Crippen LogP contribution in [0.3, 0.4) is 0 Å². The molecule has 15 rings (SSSR count). The Labute approximate surface area is 624 Å². The number of benzene rings is 6. The lowest BCUT2D eigenvalue weighted by Gasteiger charge is -2.16. The van der Waals surface area contributed by atoms with Crippen LogP contribution in [0.5, 0.6) is 0 Å².